The maximum atomic E-state index is 12.3. The lowest BCUT2D eigenvalue weighted by atomic mass is 9.86. The van der Waals surface area contributed by atoms with Crippen molar-refractivity contribution < 1.29 is 0 Å². The molecule has 1 aromatic carbocycles. The van der Waals surface area contributed by atoms with Gasteiger partial charge < -0.3 is 5.73 Å². The Balaban J connectivity index is 2.27. The Morgan fingerprint density at radius 3 is 2.74 bits per heavy atom. The van der Waals surface area contributed by atoms with Gasteiger partial charge in [0.05, 0.1) is 17.2 Å². The number of rotatable bonds is 4. The summed E-state index contributed by atoms with van der Waals surface area (Å²) >= 11 is 0. The standard InChI is InChI=1S/C15H21N3O/c1-11(2)15(3,16)8-9-18-10-17-13-7-5-4-6-12(13)14(18)19/h4-7,10-11H,8-9,16H2,1-3H3. The molecule has 0 saturated carbocycles. The van der Waals surface area contributed by atoms with Crippen LogP contribution in [0.15, 0.2) is 35.4 Å². The first-order valence-electron chi connectivity index (χ1n) is 6.65. The maximum absolute atomic E-state index is 12.3. The average molecular weight is 259 g/mol. The van der Waals surface area contributed by atoms with Gasteiger partial charge in [0.1, 0.15) is 0 Å². The predicted molar refractivity (Wildman–Crippen MR) is 78.1 cm³/mol. The van der Waals surface area contributed by atoms with Crippen LogP contribution < -0.4 is 11.3 Å². The Morgan fingerprint density at radius 2 is 2.05 bits per heavy atom. The van der Waals surface area contributed by atoms with Crippen LogP contribution in [0.3, 0.4) is 0 Å². The Labute approximate surface area is 113 Å². The summed E-state index contributed by atoms with van der Waals surface area (Å²) in [5, 5.41) is 0.660. The minimum Gasteiger partial charge on any atom is -0.325 e. The second-order valence-electron chi connectivity index (χ2n) is 5.67. The van der Waals surface area contributed by atoms with Gasteiger partial charge in [0.25, 0.3) is 5.56 Å². The molecule has 4 heteroatoms. The fourth-order valence-electron chi connectivity index (χ4n) is 1.92. The Hall–Kier alpha value is -1.68. The molecule has 0 aliphatic carbocycles. The summed E-state index contributed by atoms with van der Waals surface area (Å²) in [6, 6.07) is 7.40. The molecule has 0 aliphatic rings. The van der Waals surface area contributed by atoms with Crippen LogP contribution in [0, 0.1) is 5.92 Å². The van der Waals surface area contributed by atoms with Crippen LogP contribution in [-0.4, -0.2) is 15.1 Å². The van der Waals surface area contributed by atoms with E-state index in [1.807, 2.05) is 31.2 Å². The minimum absolute atomic E-state index is 0.00477. The molecule has 0 spiro atoms. The SMILES string of the molecule is CC(C)C(C)(N)CCn1cnc2ccccc2c1=O. The van der Waals surface area contributed by atoms with Gasteiger partial charge in [-0.05, 0) is 31.4 Å². The van der Waals surface area contributed by atoms with Crippen molar-refractivity contribution in [3.05, 3.63) is 40.9 Å². The molecule has 2 aromatic rings. The molecule has 102 valence electrons. The fourth-order valence-corrected chi connectivity index (χ4v) is 1.92. The van der Waals surface area contributed by atoms with Gasteiger partial charge in [0, 0.05) is 12.1 Å². The molecule has 2 rings (SSSR count). The highest BCUT2D eigenvalue weighted by Crippen LogP contribution is 2.17. The minimum atomic E-state index is -0.273. The number of benzene rings is 1. The zero-order valence-corrected chi connectivity index (χ0v) is 11.8. The van der Waals surface area contributed by atoms with Crippen molar-refractivity contribution in [2.24, 2.45) is 11.7 Å². The van der Waals surface area contributed by atoms with Gasteiger partial charge in [0.2, 0.25) is 0 Å². The summed E-state index contributed by atoms with van der Waals surface area (Å²) in [5.41, 5.74) is 6.71. The van der Waals surface area contributed by atoms with E-state index in [1.165, 1.54) is 0 Å². The number of aryl methyl sites for hydroxylation is 1. The lowest BCUT2D eigenvalue weighted by Crippen LogP contribution is -2.43. The molecule has 1 heterocycles. The molecular formula is C15H21N3O. The highest BCUT2D eigenvalue weighted by Gasteiger charge is 2.22. The molecule has 1 unspecified atom stereocenters. The van der Waals surface area contributed by atoms with Gasteiger partial charge >= 0.3 is 0 Å². The molecule has 1 atom stereocenters. The van der Waals surface area contributed by atoms with Crippen molar-refractivity contribution in [3.8, 4) is 0 Å². The average Bonchev–Trinajstić information content (AvgIpc) is 2.38. The molecule has 0 bridgehead atoms. The summed E-state index contributed by atoms with van der Waals surface area (Å²) in [5.74, 6) is 0.372. The molecular weight excluding hydrogens is 238 g/mol. The van der Waals surface area contributed by atoms with Crippen molar-refractivity contribution in [1.82, 2.24) is 9.55 Å². The lowest BCUT2D eigenvalue weighted by Gasteiger charge is -2.29. The van der Waals surface area contributed by atoms with Gasteiger partial charge in [-0.25, -0.2) is 4.98 Å². The summed E-state index contributed by atoms with van der Waals surface area (Å²) in [6.45, 7) is 6.82. The topological polar surface area (TPSA) is 60.9 Å². The third-order valence-corrected chi connectivity index (χ3v) is 3.94. The van der Waals surface area contributed by atoms with Gasteiger partial charge in [-0.15, -0.1) is 0 Å². The molecule has 19 heavy (non-hydrogen) atoms. The number of nitrogens with zero attached hydrogens (tertiary/aromatic N) is 2. The van der Waals surface area contributed by atoms with Crippen LogP contribution >= 0.6 is 0 Å². The van der Waals surface area contributed by atoms with Crippen molar-refractivity contribution in [2.45, 2.75) is 39.3 Å². The van der Waals surface area contributed by atoms with Crippen molar-refractivity contribution in [1.29, 1.82) is 0 Å². The van der Waals surface area contributed by atoms with Crippen LogP contribution in [0.25, 0.3) is 10.9 Å². The van der Waals surface area contributed by atoms with Crippen LogP contribution in [0.1, 0.15) is 27.2 Å². The van der Waals surface area contributed by atoms with E-state index in [2.05, 4.69) is 18.8 Å². The molecule has 0 aliphatic heterocycles. The molecule has 1 aromatic heterocycles. The van der Waals surface area contributed by atoms with E-state index in [9.17, 15) is 4.79 Å². The van der Waals surface area contributed by atoms with Crippen molar-refractivity contribution >= 4 is 10.9 Å². The van der Waals surface area contributed by atoms with E-state index in [1.54, 1.807) is 10.9 Å². The van der Waals surface area contributed by atoms with Gasteiger partial charge in [-0.3, -0.25) is 9.36 Å². The third kappa shape index (κ3) is 2.84. The predicted octanol–water partition coefficient (Wildman–Crippen LogP) is 2.16. The summed E-state index contributed by atoms with van der Waals surface area (Å²) in [6.07, 6.45) is 2.37. The normalized spacial score (nSPS) is 14.8. The highest BCUT2D eigenvalue weighted by molar-refractivity contribution is 5.76. The van der Waals surface area contributed by atoms with Crippen molar-refractivity contribution in [3.63, 3.8) is 0 Å². The summed E-state index contributed by atoms with van der Waals surface area (Å²) in [7, 11) is 0. The fraction of sp³-hybridized carbons (Fsp3) is 0.467. The van der Waals surface area contributed by atoms with E-state index < -0.39 is 0 Å². The summed E-state index contributed by atoms with van der Waals surface area (Å²) in [4.78, 5) is 16.6. The number of aromatic nitrogens is 2. The van der Waals surface area contributed by atoms with Crippen LogP contribution in [0.2, 0.25) is 0 Å². The number of fused-ring (bicyclic) bond motifs is 1. The van der Waals surface area contributed by atoms with E-state index >= 15 is 0 Å². The van der Waals surface area contributed by atoms with E-state index in [0.29, 0.717) is 17.8 Å². The van der Waals surface area contributed by atoms with E-state index in [0.717, 1.165) is 11.9 Å². The third-order valence-electron chi connectivity index (χ3n) is 3.94. The monoisotopic (exact) mass is 259 g/mol. The quantitative estimate of drug-likeness (QED) is 0.915. The number of para-hydroxylation sites is 1. The van der Waals surface area contributed by atoms with Crippen LogP contribution in [0.4, 0.5) is 0 Å². The molecule has 4 nitrogen and oxygen atoms in total. The molecule has 0 fully saturated rings. The first kappa shape index (κ1) is 13.7. The Morgan fingerprint density at radius 1 is 1.37 bits per heavy atom. The molecule has 0 saturated heterocycles. The molecule has 0 amide bonds. The van der Waals surface area contributed by atoms with Gasteiger partial charge in [0.15, 0.2) is 0 Å². The largest absolute Gasteiger partial charge is 0.325 e. The lowest BCUT2D eigenvalue weighted by molar-refractivity contribution is 0.299. The van der Waals surface area contributed by atoms with Crippen molar-refractivity contribution in [2.75, 3.05) is 0 Å². The summed E-state index contributed by atoms with van der Waals surface area (Å²) < 4.78 is 1.65. The highest BCUT2D eigenvalue weighted by atomic mass is 16.1. The smallest absolute Gasteiger partial charge is 0.261 e. The van der Waals surface area contributed by atoms with Crippen LogP contribution in [0.5, 0.6) is 0 Å². The van der Waals surface area contributed by atoms with E-state index in [4.69, 9.17) is 5.73 Å². The molecule has 0 radical (unpaired) electrons. The van der Waals surface area contributed by atoms with Gasteiger partial charge in [-0.1, -0.05) is 26.0 Å². The van der Waals surface area contributed by atoms with Gasteiger partial charge in [-0.2, -0.15) is 0 Å². The zero-order valence-electron chi connectivity index (χ0n) is 11.8. The number of hydrogen-bond acceptors (Lipinski definition) is 3. The first-order valence-corrected chi connectivity index (χ1v) is 6.65. The molecule has 2 N–H and O–H groups in total. The zero-order chi connectivity index (χ0) is 14.0. The number of nitrogens with two attached hydrogens (primary N) is 1. The second kappa shape index (κ2) is 5.13. The maximum Gasteiger partial charge on any atom is 0.261 e. The van der Waals surface area contributed by atoms with Crippen LogP contribution in [-0.2, 0) is 6.54 Å². The Kier molecular flexibility index (Phi) is 3.71. The Bertz CT molecular complexity index is 629. The first-order chi connectivity index (χ1) is 8.92. The van der Waals surface area contributed by atoms with E-state index in [-0.39, 0.29) is 11.1 Å². The second-order valence-corrected chi connectivity index (χ2v) is 5.67. The number of hydrogen-bond donors (Lipinski definition) is 1.